The molecule has 0 amide bonds. The number of halogens is 3. The minimum absolute atomic E-state index is 0. The molecule has 1 aromatic carbocycles. The average Bonchev–Trinajstić information content (AvgIpc) is 2.30. The Labute approximate surface area is 117 Å². The lowest BCUT2D eigenvalue weighted by atomic mass is 10.3. The zero-order valence-corrected chi connectivity index (χ0v) is 12.3. The third-order valence-electron chi connectivity index (χ3n) is 2.54. The fourth-order valence-electron chi connectivity index (χ4n) is 1.22. The van der Waals surface area contributed by atoms with Crippen molar-refractivity contribution < 1.29 is 12.8 Å². The van der Waals surface area contributed by atoms with E-state index in [-0.39, 0.29) is 24.0 Å². The summed E-state index contributed by atoms with van der Waals surface area (Å²) >= 11 is 5.56. The molecule has 0 bridgehead atoms. The molecule has 0 saturated heterocycles. The summed E-state index contributed by atoms with van der Waals surface area (Å²) in [7, 11) is -2.56. The first-order valence-corrected chi connectivity index (χ1v) is 6.76. The maximum Gasteiger partial charge on any atom is 0.246 e. The van der Waals surface area contributed by atoms with E-state index in [1.54, 1.807) is 6.92 Å². The lowest BCUT2D eigenvalue weighted by Gasteiger charge is -2.23. The maximum atomic E-state index is 13.7. The van der Waals surface area contributed by atoms with Gasteiger partial charge in [-0.15, -0.1) is 12.4 Å². The molecule has 4 nitrogen and oxygen atoms in total. The largest absolute Gasteiger partial charge is 0.329 e. The molecule has 18 heavy (non-hydrogen) atoms. The number of sulfonamides is 1. The molecule has 0 aliphatic rings. The number of rotatable bonds is 4. The first kappa shape index (κ1) is 17.6. The van der Waals surface area contributed by atoms with Gasteiger partial charge in [-0.2, -0.15) is 4.31 Å². The Bertz CT molecular complexity index is 511. The number of benzene rings is 1. The van der Waals surface area contributed by atoms with Gasteiger partial charge in [0.15, 0.2) is 5.82 Å². The molecular weight excluding hydrogens is 302 g/mol. The quantitative estimate of drug-likeness (QED) is 0.922. The van der Waals surface area contributed by atoms with Crippen LogP contribution >= 0.6 is 24.0 Å². The first-order valence-electron chi connectivity index (χ1n) is 4.94. The van der Waals surface area contributed by atoms with Gasteiger partial charge >= 0.3 is 0 Å². The molecule has 0 aliphatic heterocycles. The van der Waals surface area contributed by atoms with E-state index in [1.807, 2.05) is 0 Å². The lowest BCUT2D eigenvalue weighted by Crippen LogP contribution is -2.39. The van der Waals surface area contributed by atoms with Crippen molar-refractivity contribution in [3.05, 3.63) is 29.0 Å². The van der Waals surface area contributed by atoms with Crippen LogP contribution in [0.15, 0.2) is 23.1 Å². The van der Waals surface area contributed by atoms with E-state index in [2.05, 4.69) is 0 Å². The summed E-state index contributed by atoms with van der Waals surface area (Å²) in [6, 6.07) is 3.44. The molecule has 1 unspecified atom stereocenters. The van der Waals surface area contributed by atoms with Crippen LogP contribution in [0.2, 0.25) is 5.02 Å². The van der Waals surface area contributed by atoms with E-state index in [0.717, 1.165) is 4.31 Å². The fraction of sp³-hybridized carbons (Fsp3) is 0.400. The summed E-state index contributed by atoms with van der Waals surface area (Å²) in [4.78, 5) is -0.437. The van der Waals surface area contributed by atoms with Crippen molar-refractivity contribution in [2.24, 2.45) is 5.73 Å². The molecular formula is C10H15Cl2FN2O2S. The highest BCUT2D eigenvalue weighted by atomic mass is 35.5. The van der Waals surface area contributed by atoms with Crippen molar-refractivity contribution in [1.82, 2.24) is 4.31 Å². The monoisotopic (exact) mass is 316 g/mol. The molecule has 0 spiro atoms. The molecule has 0 saturated carbocycles. The number of nitrogens with zero attached hydrogens (tertiary/aromatic N) is 1. The molecule has 1 rings (SSSR count). The van der Waals surface area contributed by atoms with Crippen LogP contribution in [0.4, 0.5) is 4.39 Å². The van der Waals surface area contributed by atoms with Crippen molar-refractivity contribution in [3.63, 3.8) is 0 Å². The van der Waals surface area contributed by atoms with Gasteiger partial charge < -0.3 is 5.73 Å². The molecule has 104 valence electrons. The molecule has 8 heteroatoms. The van der Waals surface area contributed by atoms with Gasteiger partial charge in [0.2, 0.25) is 10.0 Å². The third-order valence-corrected chi connectivity index (χ3v) is 4.82. The van der Waals surface area contributed by atoms with Crippen LogP contribution in [0.3, 0.4) is 0 Å². The summed E-state index contributed by atoms with van der Waals surface area (Å²) in [6.07, 6.45) is 0. The third kappa shape index (κ3) is 3.33. The van der Waals surface area contributed by atoms with Gasteiger partial charge in [0.25, 0.3) is 0 Å². The average molecular weight is 317 g/mol. The van der Waals surface area contributed by atoms with Crippen molar-refractivity contribution in [3.8, 4) is 0 Å². The maximum absolute atomic E-state index is 13.7. The highest BCUT2D eigenvalue weighted by Gasteiger charge is 2.28. The molecule has 0 heterocycles. The van der Waals surface area contributed by atoms with Gasteiger partial charge in [-0.3, -0.25) is 0 Å². The Morgan fingerprint density at radius 3 is 2.56 bits per heavy atom. The zero-order valence-electron chi connectivity index (χ0n) is 9.93. The fourth-order valence-corrected chi connectivity index (χ4v) is 2.91. The topological polar surface area (TPSA) is 63.4 Å². The van der Waals surface area contributed by atoms with E-state index in [9.17, 15) is 12.8 Å². The van der Waals surface area contributed by atoms with Crippen LogP contribution in [0, 0.1) is 5.82 Å². The minimum atomic E-state index is -3.91. The van der Waals surface area contributed by atoms with Crippen molar-refractivity contribution in [1.29, 1.82) is 0 Å². The summed E-state index contributed by atoms with van der Waals surface area (Å²) in [6.45, 7) is 1.79. The highest BCUT2D eigenvalue weighted by Crippen LogP contribution is 2.24. The molecule has 0 fully saturated rings. The lowest BCUT2D eigenvalue weighted by molar-refractivity contribution is 0.391. The van der Waals surface area contributed by atoms with Crippen LogP contribution in [0.1, 0.15) is 6.92 Å². The number of hydrogen-bond donors (Lipinski definition) is 1. The van der Waals surface area contributed by atoms with E-state index in [1.165, 1.54) is 25.2 Å². The Balaban J connectivity index is 0.00000289. The second-order valence-corrected chi connectivity index (χ2v) is 6.03. The Morgan fingerprint density at radius 1 is 1.50 bits per heavy atom. The van der Waals surface area contributed by atoms with Gasteiger partial charge in [0, 0.05) is 19.6 Å². The SMILES string of the molecule is CC(CN)N(C)S(=O)(=O)c1cccc(Cl)c1F.Cl. The van der Waals surface area contributed by atoms with Crippen molar-refractivity contribution in [2.75, 3.05) is 13.6 Å². The van der Waals surface area contributed by atoms with Crippen molar-refractivity contribution in [2.45, 2.75) is 17.9 Å². The molecule has 1 aromatic rings. The summed E-state index contributed by atoms with van der Waals surface area (Å²) in [5.41, 5.74) is 5.39. The Kier molecular flexibility index (Phi) is 6.53. The predicted molar refractivity (Wildman–Crippen MR) is 72.1 cm³/mol. The molecule has 2 N–H and O–H groups in total. The van der Waals surface area contributed by atoms with E-state index < -0.39 is 26.8 Å². The second-order valence-electron chi connectivity index (χ2n) is 3.66. The smallest absolute Gasteiger partial charge is 0.246 e. The van der Waals surface area contributed by atoms with Gasteiger partial charge in [-0.05, 0) is 19.1 Å². The second kappa shape index (κ2) is 6.68. The zero-order chi connectivity index (χ0) is 13.2. The van der Waals surface area contributed by atoms with Gasteiger partial charge in [0.05, 0.1) is 5.02 Å². The van der Waals surface area contributed by atoms with Crippen LogP contribution in [0.5, 0.6) is 0 Å². The Morgan fingerprint density at radius 2 is 2.06 bits per heavy atom. The predicted octanol–water partition coefficient (Wildman–Crippen LogP) is 1.87. The summed E-state index contributed by atoms with van der Waals surface area (Å²) in [5, 5.41) is -0.222. The number of hydrogen-bond acceptors (Lipinski definition) is 3. The van der Waals surface area contributed by atoms with Gasteiger partial charge in [-0.1, -0.05) is 17.7 Å². The molecule has 0 radical (unpaired) electrons. The highest BCUT2D eigenvalue weighted by molar-refractivity contribution is 7.89. The van der Waals surface area contributed by atoms with Crippen LogP contribution < -0.4 is 5.73 Å². The van der Waals surface area contributed by atoms with E-state index in [4.69, 9.17) is 17.3 Å². The van der Waals surface area contributed by atoms with E-state index in [0.29, 0.717) is 0 Å². The summed E-state index contributed by atoms with van der Waals surface area (Å²) in [5.74, 6) is -0.940. The first-order chi connectivity index (χ1) is 7.82. The molecule has 0 aliphatic carbocycles. The number of nitrogens with two attached hydrogens (primary N) is 1. The summed E-state index contributed by atoms with van der Waals surface area (Å²) < 4.78 is 38.8. The van der Waals surface area contributed by atoms with E-state index >= 15 is 0 Å². The van der Waals surface area contributed by atoms with Crippen molar-refractivity contribution >= 4 is 34.0 Å². The van der Waals surface area contributed by atoms with Gasteiger partial charge in [0.1, 0.15) is 4.90 Å². The van der Waals surface area contributed by atoms with Crippen LogP contribution in [-0.4, -0.2) is 32.4 Å². The normalized spacial score (nSPS) is 13.2. The Hall–Kier alpha value is -0.400. The van der Waals surface area contributed by atoms with Crippen LogP contribution in [0.25, 0.3) is 0 Å². The molecule has 0 aromatic heterocycles. The van der Waals surface area contributed by atoms with Gasteiger partial charge in [-0.25, -0.2) is 12.8 Å². The number of likely N-dealkylation sites (N-methyl/N-ethyl adjacent to an activating group) is 1. The molecule has 1 atom stereocenters. The van der Waals surface area contributed by atoms with Crippen LogP contribution in [-0.2, 0) is 10.0 Å². The minimum Gasteiger partial charge on any atom is -0.329 e. The standard InChI is InChI=1S/C10H14ClFN2O2S.ClH/c1-7(6-13)14(2)17(15,16)9-5-3-4-8(11)10(9)12;/h3-5,7H,6,13H2,1-2H3;1H.